The molecule has 13 heteroatoms. The Kier molecular flexibility index (Phi) is 10.6. The van der Waals surface area contributed by atoms with Gasteiger partial charge in [-0.15, -0.1) is 0 Å². The minimum atomic E-state index is -1.06. The van der Waals surface area contributed by atoms with Gasteiger partial charge in [-0.05, 0) is 60.2 Å². The molecule has 7 rings (SSSR count). The first-order valence-corrected chi connectivity index (χ1v) is 17.2. The number of carbonyl (C=O) groups excluding carboxylic acids is 6. The predicted octanol–water partition coefficient (Wildman–Crippen LogP) is 1.61. The molecule has 13 nitrogen and oxygen atoms in total. The summed E-state index contributed by atoms with van der Waals surface area (Å²) >= 11 is 0. The summed E-state index contributed by atoms with van der Waals surface area (Å²) in [6.07, 6.45) is 0.795. The Hall–Kier alpha value is -5.72. The molecule has 0 saturated carbocycles. The summed E-state index contributed by atoms with van der Waals surface area (Å²) in [7, 11) is 0. The van der Waals surface area contributed by atoms with Gasteiger partial charge in [-0.2, -0.15) is 0 Å². The van der Waals surface area contributed by atoms with Crippen molar-refractivity contribution in [2.75, 3.05) is 13.1 Å². The Morgan fingerprint density at radius 1 is 0.843 bits per heavy atom. The first-order valence-electron chi connectivity index (χ1n) is 17.2. The van der Waals surface area contributed by atoms with E-state index < -0.39 is 53.8 Å². The van der Waals surface area contributed by atoms with Crippen LogP contribution in [-0.2, 0) is 36.8 Å². The van der Waals surface area contributed by atoms with Crippen LogP contribution in [0.15, 0.2) is 78.9 Å². The van der Waals surface area contributed by atoms with E-state index in [1.807, 2.05) is 44.2 Å². The summed E-state index contributed by atoms with van der Waals surface area (Å²) in [6, 6.07) is 18.6. The van der Waals surface area contributed by atoms with Crippen LogP contribution in [0.5, 0.6) is 11.5 Å². The molecule has 5 N–H and O–H groups in total. The van der Waals surface area contributed by atoms with E-state index in [0.717, 1.165) is 11.1 Å². The molecule has 3 aromatic rings. The molecule has 4 heterocycles. The molecular formula is C38H42N6O7. The second-order valence-electron chi connectivity index (χ2n) is 13.7. The number of piperazine rings is 1. The van der Waals surface area contributed by atoms with Gasteiger partial charge in [0.05, 0.1) is 6.54 Å². The third kappa shape index (κ3) is 8.72. The van der Waals surface area contributed by atoms with Crippen molar-refractivity contribution in [1.29, 1.82) is 0 Å². The highest BCUT2D eigenvalue weighted by Crippen LogP contribution is 2.24. The van der Waals surface area contributed by atoms with Crippen molar-refractivity contribution in [1.82, 2.24) is 31.5 Å². The molecule has 2 fully saturated rings. The maximum absolute atomic E-state index is 14.0. The number of benzene rings is 3. The van der Waals surface area contributed by atoms with E-state index in [9.17, 15) is 28.8 Å². The van der Waals surface area contributed by atoms with E-state index >= 15 is 0 Å². The van der Waals surface area contributed by atoms with Crippen molar-refractivity contribution in [3.63, 3.8) is 0 Å². The number of nitrogens with one attached hydrogen (secondary N) is 5. The van der Waals surface area contributed by atoms with Gasteiger partial charge in [0.15, 0.2) is 0 Å². The second kappa shape index (κ2) is 15.4. The third-order valence-corrected chi connectivity index (χ3v) is 9.26. The largest absolute Gasteiger partial charge is 0.457 e. The van der Waals surface area contributed by atoms with Crippen LogP contribution < -0.4 is 31.3 Å². The molecule has 51 heavy (non-hydrogen) atoms. The van der Waals surface area contributed by atoms with Gasteiger partial charge in [0.2, 0.25) is 29.5 Å². The molecule has 4 bridgehead atoms. The summed E-state index contributed by atoms with van der Waals surface area (Å²) in [6.45, 7) is 3.93. The van der Waals surface area contributed by atoms with Gasteiger partial charge >= 0.3 is 0 Å². The maximum atomic E-state index is 14.0. The summed E-state index contributed by atoms with van der Waals surface area (Å²) < 4.78 is 6.03. The zero-order chi connectivity index (χ0) is 36.1. The minimum Gasteiger partial charge on any atom is -0.457 e. The van der Waals surface area contributed by atoms with E-state index in [2.05, 4.69) is 26.6 Å². The van der Waals surface area contributed by atoms with Crippen LogP contribution in [0.2, 0.25) is 0 Å². The lowest BCUT2D eigenvalue weighted by Gasteiger charge is -2.28. The number of ether oxygens (including phenoxy) is 1. The normalized spacial score (nSPS) is 23.9. The average Bonchev–Trinajstić information content (AvgIpc) is 3.55. The lowest BCUT2D eigenvalue weighted by molar-refractivity contribution is -0.143. The summed E-state index contributed by atoms with van der Waals surface area (Å²) in [5.41, 5.74) is 1.83. The Labute approximate surface area is 295 Å². The topological polar surface area (TPSA) is 175 Å². The fraction of sp³-hybridized carbons (Fsp3) is 0.368. The third-order valence-electron chi connectivity index (χ3n) is 9.26. The molecule has 3 aromatic carbocycles. The number of rotatable bonds is 6. The van der Waals surface area contributed by atoms with Crippen molar-refractivity contribution in [2.24, 2.45) is 5.92 Å². The second-order valence-corrected chi connectivity index (χ2v) is 13.7. The van der Waals surface area contributed by atoms with Crippen LogP contribution in [0.1, 0.15) is 48.2 Å². The molecule has 4 aliphatic heterocycles. The molecule has 4 aliphatic rings. The monoisotopic (exact) mass is 694 g/mol. The lowest BCUT2D eigenvalue weighted by Crippen LogP contribution is -2.58. The summed E-state index contributed by atoms with van der Waals surface area (Å²) in [5, 5.41) is 14.1. The Morgan fingerprint density at radius 2 is 1.59 bits per heavy atom. The number of fused-ring (bicyclic) bond motifs is 12. The Bertz CT molecular complexity index is 1770. The van der Waals surface area contributed by atoms with Crippen LogP contribution in [-0.4, -0.2) is 83.6 Å². The number of amides is 6. The van der Waals surface area contributed by atoms with Gasteiger partial charge in [-0.1, -0.05) is 62.4 Å². The van der Waals surface area contributed by atoms with Crippen LogP contribution in [0.4, 0.5) is 0 Å². The van der Waals surface area contributed by atoms with Gasteiger partial charge in [-0.25, -0.2) is 0 Å². The van der Waals surface area contributed by atoms with E-state index in [4.69, 9.17) is 4.74 Å². The number of hydrogen-bond acceptors (Lipinski definition) is 7. The van der Waals surface area contributed by atoms with Crippen LogP contribution in [0, 0.1) is 5.92 Å². The Balaban J connectivity index is 1.30. The summed E-state index contributed by atoms with van der Waals surface area (Å²) in [5.74, 6) is -1.68. The summed E-state index contributed by atoms with van der Waals surface area (Å²) in [4.78, 5) is 81.7. The molecular weight excluding hydrogens is 652 g/mol. The SMILES string of the molecule is CC(C)C[C@@H]1NC(=O)[C@@H](Cc2ccccc2)NC(=O)c2cccc(c2)Oc2ccc(cc2)C[C@@H](C(=O)N[C@H]2C[C@H]3C(=O)NCC(=O)N3C2)NC1=O. The predicted molar refractivity (Wildman–Crippen MR) is 186 cm³/mol. The molecule has 0 radical (unpaired) electrons. The number of hydrogen-bond donors (Lipinski definition) is 5. The number of carbonyl (C=O) groups is 6. The zero-order valence-corrected chi connectivity index (χ0v) is 28.5. The van der Waals surface area contributed by atoms with E-state index in [1.54, 1.807) is 48.5 Å². The van der Waals surface area contributed by atoms with Crippen molar-refractivity contribution < 1.29 is 33.5 Å². The van der Waals surface area contributed by atoms with Crippen LogP contribution in [0.3, 0.4) is 0 Å². The highest BCUT2D eigenvalue weighted by molar-refractivity contribution is 5.99. The first kappa shape index (κ1) is 35.1. The highest BCUT2D eigenvalue weighted by atomic mass is 16.5. The molecule has 0 unspecified atom stereocenters. The first-order chi connectivity index (χ1) is 24.5. The minimum absolute atomic E-state index is 0.0109. The smallest absolute Gasteiger partial charge is 0.252 e. The Morgan fingerprint density at radius 3 is 2.31 bits per heavy atom. The lowest BCUT2D eigenvalue weighted by atomic mass is 9.99. The molecule has 266 valence electrons. The molecule has 0 aromatic heterocycles. The number of nitrogens with zero attached hydrogens (tertiary/aromatic N) is 1. The zero-order valence-electron chi connectivity index (χ0n) is 28.5. The van der Waals surface area contributed by atoms with Crippen LogP contribution in [0.25, 0.3) is 0 Å². The highest BCUT2D eigenvalue weighted by Gasteiger charge is 2.43. The van der Waals surface area contributed by atoms with Gasteiger partial charge in [0.1, 0.15) is 35.7 Å². The van der Waals surface area contributed by atoms with Crippen molar-refractivity contribution in [3.8, 4) is 11.5 Å². The van der Waals surface area contributed by atoms with E-state index in [1.165, 1.54) is 4.90 Å². The van der Waals surface area contributed by atoms with E-state index in [-0.39, 0.29) is 56.5 Å². The van der Waals surface area contributed by atoms with Gasteiger partial charge in [0, 0.05) is 31.0 Å². The van der Waals surface area contributed by atoms with Gasteiger partial charge in [-0.3, -0.25) is 28.8 Å². The van der Waals surface area contributed by atoms with Crippen molar-refractivity contribution in [3.05, 3.63) is 95.6 Å². The molecule has 0 aliphatic carbocycles. The maximum Gasteiger partial charge on any atom is 0.252 e. The molecule has 6 amide bonds. The molecule has 5 atom stereocenters. The molecule has 2 saturated heterocycles. The van der Waals surface area contributed by atoms with Gasteiger partial charge in [0.25, 0.3) is 5.91 Å². The quantitative estimate of drug-likeness (QED) is 0.244. The fourth-order valence-electron chi connectivity index (χ4n) is 6.67. The van der Waals surface area contributed by atoms with E-state index in [0.29, 0.717) is 17.1 Å². The standard InChI is InChI=1S/C38H42N6O7/c1-22(2)15-29-36(48)43-30(35(47)40-26-19-32-38(50)39-20-33(45)44(32)21-26)17-24-11-13-27(14-12-24)51-28-10-6-9-25(18-28)34(46)41-31(37(49)42-29)16-23-7-4-3-5-8-23/h3-14,18,22,26,29-32H,15-17,19-21H2,1-2H3,(H,39,50)(H,40,47)(H,41,46)(H,42,49)(H,43,48)/t26-,29-,30-,31+,32-/m0/s1. The fourth-order valence-corrected chi connectivity index (χ4v) is 6.67. The van der Waals surface area contributed by atoms with Gasteiger partial charge < -0.3 is 36.2 Å². The average molecular weight is 695 g/mol. The van der Waals surface area contributed by atoms with Crippen molar-refractivity contribution in [2.45, 2.75) is 69.7 Å². The van der Waals surface area contributed by atoms with Crippen LogP contribution >= 0.6 is 0 Å². The van der Waals surface area contributed by atoms with Crippen molar-refractivity contribution >= 4 is 35.4 Å². The molecule has 0 spiro atoms.